The van der Waals surface area contributed by atoms with Crippen LogP contribution in [0, 0.1) is 5.92 Å². The Morgan fingerprint density at radius 3 is 2.76 bits per heavy atom. The smallest absolute Gasteiger partial charge is 0.203 e. The van der Waals surface area contributed by atoms with E-state index in [0.717, 1.165) is 24.6 Å². The van der Waals surface area contributed by atoms with Crippen molar-refractivity contribution in [3.63, 3.8) is 0 Å². The molecule has 0 aliphatic rings. The molecule has 3 nitrogen and oxygen atoms in total. The molecule has 0 spiro atoms. The molecule has 0 atom stereocenters. The average Bonchev–Trinajstić information content (AvgIpc) is 2.64. The van der Waals surface area contributed by atoms with Crippen LogP contribution in [0.5, 0.6) is 0 Å². The average molecular weight is 231 g/mol. The van der Waals surface area contributed by atoms with E-state index >= 15 is 0 Å². The molecule has 1 aromatic carbocycles. The highest BCUT2D eigenvalue weighted by molar-refractivity contribution is 5.78. The molecular formula is C14H21N3. The van der Waals surface area contributed by atoms with Gasteiger partial charge in [0.1, 0.15) is 0 Å². The zero-order chi connectivity index (χ0) is 12.3. The largest absolute Gasteiger partial charge is 0.356 e. The van der Waals surface area contributed by atoms with Crippen LogP contribution < -0.4 is 5.32 Å². The third kappa shape index (κ3) is 2.60. The Hall–Kier alpha value is -1.51. The Balaban J connectivity index is 2.37. The number of para-hydroxylation sites is 2. The molecule has 92 valence electrons. The van der Waals surface area contributed by atoms with Crippen LogP contribution in [0.1, 0.15) is 27.2 Å². The maximum absolute atomic E-state index is 4.63. The van der Waals surface area contributed by atoms with E-state index in [1.165, 1.54) is 11.9 Å². The lowest BCUT2D eigenvalue weighted by atomic mass is 10.1. The zero-order valence-electron chi connectivity index (χ0n) is 10.9. The first-order valence-electron chi connectivity index (χ1n) is 6.41. The molecule has 0 aliphatic carbocycles. The normalized spacial score (nSPS) is 11.3. The number of imidazole rings is 1. The summed E-state index contributed by atoms with van der Waals surface area (Å²) in [5, 5.41) is 3.34. The number of aromatic nitrogens is 2. The van der Waals surface area contributed by atoms with Crippen molar-refractivity contribution in [1.29, 1.82) is 0 Å². The van der Waals surface area contributed by atoms with E-state index in [2.05, 4.69) is 53.8 Å². The van der Waals surface area contributed by atoms with Crippen LogP contribution >= 0.6 is 0 Å². The predicted molar refractivity (Wildman–Crippen MR) is 73.4 cm³/mol. The first-order valence-corrected chi connectivity index (χ1v) is 6.41. The van der Waals surface area contributed by atoms with Crippen LogP contribution in [0.3, 0.4) is 0 Å². The maximum atomic E-state index is 4.63. The third-order valence-corrected chi connectivity index (χ3v) is 2.92. The summed E-state index contributed by atoms with van der Waals surface area (Å²) < 4.78 is 2.29. The first kappa shape index (κ1) is 12.0. The van der Waals surface area contributed by atoms with Gasteiger partial charge < -0.3 is 9.88 Å². The monoisotopic (exact) mass is 231 g/mol. The molecule has 0 saturated heterocycles. The van der Waals surface area contributed by atoms with Gasteiger partial charge in [0.05, 0.1) is 11.0 Å². The summed E-state index contributed by atoms with van der Waals surface area (Å²) in [4.78, 5) is 4.63. The van der Waals surface area contributed by atoms with Gasteiger partial charge in [0.2, 0.25) is 5.95 Å². The van der Waals surface area contributed by atoms with Crippen molar-refractivity contribution in [3.05, 3.63) is 24.3 Å². The number of anilines is 1. The van der Waals surface area contributed by atoms with Crippen LogP contribution in [-0.4, -0.2) is 16.1 Å². The van der Waals surface area contributed by atoms with Gasteiger partial charge in [-0.1, -0.05) is 26.0 Å². The number of nitrogens with one attached hydrogen (secondary N) is 1. The Labute approximate surface area is 103 Å². The maximum Gasteiger partial charge on any atom is 0.203 e. The van der Waals surface area contributed by atoms with Gasteiger partial charge in [-0.25, -0.2) is 4.98 Å². The second-order valence-corrected chi connectivity index (χ2v) is 4.79. The van der Waals surface area contributed by atoms with Crippen molar-refractivity contribution in [3.8, 4) is 0 Å². The van der Waals surface area contributed by atoms with Gasteiger partial charge in [0.25, 0.3) is 0 Å². The summed E-state index contributed by atoms with van der Waals surface area (Å²) in [6, 6.07) is 8.33. The van der Waals surface area contributed by atoms with Crippen LogP contribution in [0.4, 0.5) is 5.95 Å². The van der Waals surface area contributed by atoms with Crippen molar-refractivity contribution in [1.82, 2.24) is 9.55 Å². The lowest BCUT2D eigenvalue weighted by Gasteiger charge is -2.11. The molecule has 0 aliphatic heterocycles. The summed E-state index contributed by atoms with van der Waals surface area (Å²) >= 11 is 0. The van der Waals surface area contributed by atoms with Crippen molar-refractivity contribution >= 4 is 17.0 Å². The summed E-state index contributed by atoms with van der Waals surface area (Å²) in [5.41, 5.74) is 2.30. The molecule has 1 heterocycles. The molecule has 0 radical (unpaired) electrons. The number of hydrogen-bond donors (Lipinski definition) is 1. The van der Waals surface area contributed by atoms with E-state index in [1.54, 1.807) is 0 Å². The molecule has 3 heteroatoms. The minimum Gasteiger partial charge on any atom is -0.356 e. The van der Waals surface area contributed by atoms with Gasteiger partial charge in [-0.05, 0) is 31.4 Å². The van der Waals surface area contributed by atoms with Crippen molar-refractivity contribution in [2.45, 2.75) is 33.7 Å². The summed E-state index contributed by atoms with van der Waals surface area (Å²) in [7, 11) is 0. The van der Waals surface area contributed by atoms with Gasteiger partial charge in [0, 0.05) is 13.1 Å². The fourth-order valence-corrected chi connectivity index (χ4v) is 1.98. The summed E-state index contributed by atoms with van der Waals surface area (Å²) in [5.74, 6) is 1.71. The third-order valence-electron chi connectivity index (χ3n) is 2.92. The van der Waals surface area contributed by atoms with Gasteiger partial charge in [-0.3, -0.25) is 0 Å². The first-order chi connectivity index (χ1) is 8.22. The number of hydrogen-bond acceptors (Lipinski definition) is 2. The predicted octanol–water partition coefficient (Wildman–Crippen LogP) is 3.51. The fourth-order valence-electron chi connectivity index (χ4n) is 1.98. The number of fused-ring (bicyclic) bond motifs is 1. The Kier molecular flexibility index (Phi) is 3.67. The summed E-state index contributed by atoms with van der Waals surface area (Å²) in [6.45, 7) is 8.55. The minimum absolute atomic E-state index is 0.714. The molecule has 0 unspecified atom stereocenters. The van der Waals surface area contributed by atoms with Crippen LogP contribution in [0.2, 0.25) is 0 Å². The van der Waals surface area contributed by atoms with E-state index < -0.39 is 0 Å². The van der Waals surface area contributed by atoms with Crippen LogP contribution in [0.15, 0.2) is 24.3 Å². The SMILES string of the molecule is CCNc1nc2ccccc2n1CCC(C)C. The number of rotatable bonds is 5. The Morgan fingerprint density at radius 1 is 1.29 bits per heavy atom. The highest BCUT2D eigenvalue weighted by atomic mass is 15.2. The van der Waals surface area contributed by atoms with Crippen molar-refractivity contribution in [2.24, 2.45) is 5.92 Å². The fraction of sp³-hybridized carbons (Fsp3) is 0.500. The zero-order valence-corrected chi connectivity index (χ0v) is 10.9. The Bertz CT molecular complexity index is 485. The molecule has 0 saturated carbocycles. The van der Waals surface area contributed by atoms with Gasteiger partial charge in [-0.15, -0.1) is 0 Å². The van der Waals surface area contributed by atoms with Crippen molar-refractivity contribution < 1.29 is 0 Å². The van der Waals surface area contributed by atoms with Gasteiger partial charge in [-0.2, -0.15) is 0 Å². The van der Waals surface area contributed by atoms with Crippen molar-refractivity contribution in [2.75, 3.05) is 11.9 Å². The molecule has 1 N–H and O–H groups in total. The second kappa shape index (κ2) is 5.21. The van der Waals surface area contributed by atoms with E-state index in [4.69, 9.17) is 0 Å². The topological polar surface area (TPSA) is 29.9 Å². The molecule has 0 amide bonds. The molecule has 0 fully saturated rings. The van der Waals surface area contributed by atoms with Crippen LogP contribution in [0.25, 0.3) is 11.0 Å². The molecular weight excluding hydrogens is 210 g/mol. The highest BCUT2D eigenvalue weighted by Crippen LogP contribution is 2.20. The molecule has 1 aromatic heterocycles. The number of nitrogens with zero attached hydrogens (tertiary/aromatic N) is 2. The lowest BCUT2D eigenvalue weighted by Crippen LogP contribution is -2.08. The van der Waals surface area contributed by atoms with E-state index in [9.17, 15) is 0 Å². The van der Waals surface area contributed by atoms with Gasteiger partial charge >= 0.3 is 0 Å². The number of benzene rings is 1. The molecule has 2 aromatic rings. The van der Waals surface area contributed by atoms with Gasteiger partial charge in [0.15, 0.2) is 0 Å². The molecule has 0 bridgehead atoms. The lowest BCUT2D eigenvalue weighted by molar-refractivity contribution is 0.525. The van der Waals surface area contributed by atoms with E-state index in [0.29, 0.717) is 5.92 Å². The molecule has 17 heavy (non-hydrogen) atoms. The summed E-state index contributed by atoms with van der Waals surface area (Å²) in [6.07, 6.45) is 1.18. The minimum atomic E-state index is 0.714. The quantitative estimate of drug-likeness (QED) is 0.853. The second-order valence-electron chi connectivity index (χ2n) is 4.79. The molecule has 2 rings (SSSR count). The van der Waals surface area contributed by atoms with E-state index in [1.807, 2.05) is 6.07 Å². The van der Waals surface area contributed by atoms with E-state index in [-0.39, 0.29) is 0 Å². The standard InChI is InChI=1S/C14H21N3/c1-4-15-14-16-12-7-5-6-8-13(12)17(14)10-9-11(2)3/h5-8,11H,4,9-10H2,1-3H3,(H,15,16). The highest BCUT2D eigenvalue weighted by Gasteiger charge is 2.09. The Morgan fingerprint density at radius 2 is 2.06 bits per heavy atom. The van der Waals surface area contributed by atoms with Crippen LogP contribution in [-0.2, 0) is 6.54 Å². The number of aryl methyl sites for hydroxylation is 1.